The van der Waals surface area contributed by atoms with Gasteiger partial charge in [0.05, 0.1) is 0 Å². The SMILES string of the molecule is Cc1cc(OCC(=O)N(Cc2ccc(Cl)cc2Cl)[C@H](C)C(=O)NC(C)(C)C)cc(C)c1Cl. The smallest absolute Gasteiger partial charge is 0.261 e. The van der Waals surface area contributed by atoms with Gasteiger partial charge < -0.3 is 15.0 Å². The Hall–Kier alpha value is -1.95. The van der Waals surface area contributed by atoms with Crippen LogP contribution in [0.25, 0.3) is 0 Å². The molecule has 0 fully saturated rings. The fourth-order valence-electron chi connectivity index (χ4n) is 3.11. The molecule has 174 valence electrons. The quantitative estimate of drug-likeness (QED) is 0.510. The van der Waals surface area contributed by atoms with Crippen LogP contribution in [0.2, 0.25) is 15.1 Å². The third kappa shape index (κ3) is 7.29. The Bertz CT molecular complexity index is 979. The van der Waals surface area contributed by atoms with Crippen LogP contribution in [0.4, 0.5) is 0 Å². The van der Waals surface area contributed by atoms with Gasteiger partial charge in [-0.25, -0.2) is 0 Å². The molecular weight excluding hydrogens is 471 g/mol. The van der Waals surface area contributed by atoms with Gasteiger partial charge in [0.15, 0.2) is 6.61 Å². The van der Waals surface area contributed by atoms with Crippen molar-refractivity contribution in [3.8, 4) is 5.75 Å². The second-order valence-corrected chi connectivity index (χ2v) is 10.1. The second-order valence-electron chi connectivity index (χ2n) is 8.83. The number of aryl methyl sites for hydroxylation is 2. The van der Waals surface area contributed by atoms with Gasteiger partial charge >= 0.3 is 0 Å². The third-order valence-corrected chi connectivity index (χ3v) is 5.98. The molecular formula is C24H29Cl3N2O3. The number of amides is 2. The fraction of sp³-hybridized carbons (Fsp3) is 0.417. The van der Waals surface area contributed by atoms with Crippen LogP contribution in [0.3, 0.4) is 0 Å². The molecule has 8 heteroatoms. The van der Waals surface area contributed by atoms with Crippen molar-refractivity contribution in [2.75, 3.05) is 6.61 Å². The maximum atomic E-state index is 13.2. The average Bonchev–Trinajstić information content (AvgIpc) is 2.67. The summed E-state index contributed by atoms with van der Waals surface area (Å²) in [6.07, 6.45) is 0. The molecule has 32 heavy (non-hydrogen) atoms. The molecule has 0 radical (unpaired) electrons. The third-order valence-electron chi connectivity index (χ3n) is 4.79. The summed E-state index contributed by atoms with van der Waals surface area (Å²) in [6.45, 7) is 11.0. The van der Waals surface area contributed by atoms with Crippen LogP contribution < -0.4 is 10.1 Å². The van der Waals surface area contributed by atoms with E-state index in [1.807, 2.05) is 34.6 Å². The van der Waals surface area contributed by atoms with E-state index in [4.69, 9.17) is 39.5 Å². The van der Waals surface area contributed by atoms with Gasteiger partial charge in [-0.1, -0.05) is 40.9 Å². The van der Waals surface area contributed by atoms with Crippen LogP contribution in [0, 0.1) is 13.8 Å². The van der Waals surface area contributed by atoms with E-state index in [9.17, 15) is 9.59 Å². The second kappa shape index (κ2) is 10.8. The highest BCUT2D eigenvalue weighted by atomic mass is 35.5. The molecule has 2 aromatic carbocycles. The van der Waals surface area contributed by atoms with Gasteiger partial charge in [0.1, 0.15) is 11.8 Å². The standard InChI is InChI=1S/C24H29Cl3N2O3/c1-14-9-19(10-15(2)22(14)27)32-13-21(30)29(16(3)23(31)28-24(4,5)6)12-17-7-8-18(25)11-20(17)26/h7-11,16H,12-13H2,1-6H3,(H,28,31)/t16-/m1/s1. The summed E-state index contributed by atoms with van der Waals surface area (Å²) in [5.74, 6) is -0.0824. The Morgan fingerprint density at radius 3 is 2.19 bits per heavy atom. The first-order valence-electron chi connectivity index (χ1n) is 10.2. The summed E-state index contributed by atoms with van der Waals surface area (Å²) in [6, 6.07) is 7.85. The molecule has 0 saturated heterocycles. The normalized spacial score (nSPS) is 12.3. The average molecular weight is 500 g/mol. The maximum Gasteiger partial charge on any atom is 0.261 e. The van der Waals surface area contributed by atoms with Crippen LogP contribution in [0.15, 0.2) is 30.3 Å². The summed E-state index contributed by atoms with van der Waals surface area (Å²) in [5, 5.41) is 4.49. The van der Waals surface area contributed by atoms with E-state index in [-0.39, 0.29) is 25.0 Å². The Labute approximate surface area is 205 Å². The summed E-state index contributed by atoms with van der Waals surface area (Å²) < 4.78 is 5.75. The lowest BCUT2D eigenvalue weighted by atomic mass is 10.1. The van der Waals surface area contributed by atoms with Crippen molar-refractivity contribution in [1.29, 1.82) is 0 Å². The van der Waals surface area contributed by atoms with Crippen molar-refractivity contribution in [2.24, 2.45) is 0 Å². The van der Waals surface area contributed by atoms with Gasteiger partial charge in [0.25, 0.3) is 5.91 Å². The monoisotopic (exact) mass is 498 g/mol. The molecule has 0 aromatic heterocycles. The van der Waals surface area contributed by atoms with Gasteiger partial charge in [-0.05, 0) is 82.5 Å². The van der Waals surface area contributed by atoms with Gasteiger partial charge in [0.2, 0.25) is 5.91 Å². The highest BCUT2D eigenvalue weighted by Gasteiger charge is 2.29. The van der Waals surface area contributed by atoms with E-state index in [1.165, 1.54) is 4.90 Å². The Morgan fingerprint density at radius 1 is 1.06 bits per heavy atom. The predicted molar refractivity (Wildman–Crippen MR) is 131 cm³/mol. The van der Waals surface area contributed by atoms with E-state index in [1.54, 1.807) is 37.3 Å². The minimum absolute atomic E-state index is 0.135. The first-order valence-corrected chi connectivity index (χ1v) is 11.4. The summed E-state index contributed by atoms with van der Waals surface area (Å²) in [5.41, 5.74) is 1.96. The lowest BCUT2D eigenvalue weighted by Gasteiger charge is -2.31. The number of rotatable bonds is 7. The molecule has 1 atom stereocenters. The fourth-order valence-corrected chi connectivity index (χ4v) is 3.68. The first-order chi connectivity index (χ1) is 14.8. The Morgan fingerprint density at radius 2 is 1.66 bits per heavy atom. The van der Waals surface area contributed by atoms with Gasteiger partial charge in [-0.15, -0.1) is 0 Å². The van der Waals surface area contributed by atoms with E-state index >= 15 is 0 Å². The maximum absolute atomic E-state index is 13.2. The number of carbonyl (C=O) groups is 2. The summed E-state index contributed by atoms with van der Waals surface area (Å²) in [7, 11) is 0. The van der Waals surface area contributed by atoms with Crippen molar-refractivity contribution >= 4 is 46.6 Å². The zero-order chi connectivity index (χ0) is 24.2. The molecule has 0 aliphatic heterocycles. The Balaban J connectivity index is 2.25. The zero-order valence-corrected chi connectivity index (χ0v) is 21.5. The summed E-state index contributed by atoms with van der Waals surface area (Å²) in [4.78, 5) is 27.4. The van der Waals surface area contributed by atoms with Crippen LogP contribution in [0.5, 0.6) is 5.75 Å². The van der Waals surface area contributed by atoms with Gasteiger partial charge in [-0.3, -0.25) is 9.59 Å². The molecule has 1 N–H and O–H groups in total. The molecule has 2 amide bonds. The van der Waals surface area contributed by atoms with Crippen molar-refractivity contribution < 1.29 is 14.3 Å². The first kappa shape index (κ1) is 26.3. The minimum atomic E-state index is -0.745. The largest absolute Gasteiger partial charge is 0.484 e. The highest BCUT2D eigenvalue weighted by Crippen LogP contribution is 2.26. The molecule has 5 nitrogen and oxygen atoms in total. The number of carbonyl (C=O) groups excluding carboxylic acids is 2. The lowest BCUT2D eigenvalue weighted by Crippen LogP contribution is -2.53. The Kier molecular flexibility index (Phi) is 8.86. The molecule has 0 heterocycles. The number of ether oxygens (including phenoxy) is 1. The molecule has 2 aromatic rings. The van der Waals surface area contributed by atoms with Crippen molar-refractivity contribution in [1.82, 2.24) is 10.2 Å². The van der Waals surface area contributed by atoms with Gasteiger partial charge in [0, 0.05) is 27.2 Å². The number of halogens is 3. The minimum Gasteiger partial charge on any atom is -0.484 e. The van der Waals surface area contributed by atoms with Crippen molar-refractivity contribution in [3.05, 3.63) is 62.1 Å². The highest BCUT2D eigenvalue weighted by molar-refractivity contribution is 6.35. The molecule has 0 bridgehead atoms. The van der Waals surface area contributed by atoms with Crippen molar-refractivity contribution in [3.63, 3.8) is 0 Å². The van der Waals surface area contributed by atoms with Crippen LogP contribution in [0.1, 0.15) is 44.4 Å². The topological polar surface area (TPSA) is 58.6 Å². The van der Waals surface area contributed by atoms with Crippen LogP contribution >= 0.6 is 34.8 Å². The number of hydrogen-bond donors (Lipinski definition) is 1. The predicted octanol–water partition coefficient (Wildman–Crippen LogP) is 5.97. The zero-order valence-electron chi connectivity index (χ0n) is 19.2. The molecule has 0 spiro atoms. The number of hydrogen-bond acceptors (Lipinski definition) is 3. The van der Waals surface area contributed by atoms with Gasteiger partial charge in [-0.2, -0.15) is 0 Å². The molecule has 0 unspecified atom stereocenters. The summed E-state index contributed by atoms with van der Waals surface area (Å²) >= 11 is 18.5. The van der Waals surface area contributed by atoms with E-state index in [0.29, 0.717) is 26.4 Å². The van der Waals surface area contributed by atoms with Crippen LogP contribution in [-0.2, 0) is 16.1 Å². The molecule has 0 saturated carbocycles. The lowest BCUT2D eigenvalue weighted by molar-refractivity contribution is -0.142. The van der Waals surface area contributed by atoms with Crippen molar-refractivity contribution in [2.45, 2.75) is 59.7 Å². The number of nitrogens with one attached hydrogen (secondary N) is 1. The molecule has 2 rings (SSSR count). The van der Waals surface area contributed by atoms with E-state index in [0.717, 1.165) is 11.1 Å². The van der Waals surface area contributed by atoms with E-state index in [2.05, 4.69) is 5.32 Å². The van der Waals surface area contributed by atoms with E-state index < -0.39 is 11.6 Å². The number of benzene rings is 2. The molecule has 0 aliphatic rings. The molecule has 0 aliphatic carbocycles. The van der Waals surface area contributed by atoms with Crippen LogP contribution in [-0.4, -0.2) is 34.9 Å². The number of nitrogens with zero attached hydrogens (tertiary/aromatic N) is 1.